The predicted molar refractivity (Wildman–Crippen MR) is 103 cm³/mol. The van der Waals surface area contributed by atoms with Crippen LogP contribution in [0.4, 0.5) is 15.9 Å². The molecule has 0 saturated carbocycles. The summed E-state index contributed by atoms with van der Waals surface area (Å²) in [5.74, 6) is 0.597. The minimum Gasteiger partial charge on any atom is -0.340 e. The van der Waals surface area contributed by atoms with Crippen molar-refractivity contribution in [3.63, 3.8) is 0 Å². The van der Waals surface area contributed by atoms with Crippen LogP contribution in [0.25, 0.3) is 16.9 Å². The van der Waals surface area contributed by atoms with Gasteiger partial charge in [-0.1, -0.05) is 36.4 Å². The quantitative estimate of drug-likeness (QED) is 0.513. The molecule has 0 aliphatic rings. The molecule has 0 amide bonds. The Bertz CT molecular complexity index is 1020. The highest BCUT2D eigenvalue weighted by molar-refractivity contribution is 5.68. The van der Waals surface area contributed by atoms with Crippen LogP contribution in [0, 0.1) is 12.7 Å². The molecule has 1 N–H and O–H groups in total. The Hall–Kier alpha value is -3.40. The summed E-state index contributed by atoms with van der Waals surface area (Å²) in [6.07, 6.45) is 0. The smallest absolute Gasteiger partial charge is 0.134 e. The first-order chi connectivity index (χ1) is 12.7. The molecule has 128 valence electrons. The lowest BCUT2D eigenvalue weighted by Gasteiger charge is -2.11. The number of para-hydroxylation sites is 2. The van der Waals surface area contributed by atoms with Crippen molar-refractivity contribution in [2.75, 3.05) is 5.32 Å². The number of halogens is 1. The SMILES string of the molecule is Cc1ccccc1-n1nc(-c2ccc(F)cc2)cc1Nc1ccccc1. The number of benzene rings is 3. The van der Waals surface area contributed by atoms with Crippen molar-refractivity contribution in [1.82, 2.24) is 9.78 Å². The normalized spacial score (nSPS) is 10.7. The zero-order valence-electron chi connectivity index (χ0n) is 14.4. The summed E-state index contributed by atoms with van der Waals surface area (Å²) in [6, 6.07) is 26.4. The summed E-state index contributed by atoms with van der Waals surface area (Å²) in [4.78, 5) is 0. The van der Waals surface area contributed by atoms with E-state index in [1.165, 1.54) is 12.1 Å². The molecule has 0 bridgehead atoms. The van der Waals surface area contributed by atoms with Gasteiger partial charge in [-0.15, -0.1) is 0 Å². The van der Waals surface area contributed by atoms with E-state index in [-0.39, 0.29) is 5.82 Å². The van der Waals surface area contributed by atoms with Crippen molar-refractivity contribution in [3.8, 4) is 16.9 Å². The van der Waals surface area contributed by atoms with Crippen LogP contribution in [-0.4, -0.2) is 9.78 Å². The zero-order valence-corrected chi connectivity index (χ0v) is 14.4. The lowest BCUT2D eigenvalue weighted by atomic mass is 10.1. The summed E-state index contributed by atoms with van der Waals surface area (Å²) in [5.41, 5.74) is 4.76. The van der Waals surface area contributed by atoms with Gasteiger partial charge in [0.15, 0.2) is 0 Å². The summed E-state index contributed by atoms with van der Waals surface area (Å²) in [7, 11) is 0. The van der Waals surface area contributed by atoms with Gasteiger partial charge in [0, 0.05) is 17.3 Å². The van der Waals surface area contributed by atoms with Crippen LogP contribution in [-0.2, 0) is 0 Å². The second-order valence-corrected chi connectivity index (χ2v) is 6.11. The molecule has 3 nitrogen and oxygen atoms in total. The minimum atomic E-state index is -0.255. The van der Waals surface area contributed by atoms with E-state index in [1.54, 1.807) is 12.1 Å². The van der Waals surface area contributed by atoms with Gasteiger partial charge < -0.3 is 5.32 Å². The second kappa shape index (κ2) is 6.84. The molecule has 0 aliphatic carbocycles. The summed E-state index contributed by atoms with van der Waals surface area (Å²) < 4.78 is 15.1. The van der Waals surface area contributed by atoms with E-state index in [0.29, 0.717) is 0 Å². The fourth-order valence-electron chi connectivity index (χ4n) is 2.89. The molecule has 4 rings (SSSR count). The van der Waals surface area contributed by atoms with Gasteiger partial charge >= 0.3 is 0 Å². The maximum absolute atomic E-state index is 13.3. The van der Waals surface area contributed by atoms with E-state index < -0.39 is 0 Å². The highest BCUT2D eigenvalue weighted by Crippen LogP contribution is 2.28. The number of nitrogens with one attached hydrogen (secondary N) is 1. The Morgan fingerprint density at radius 3 is 2.27 bits per heavy atom. The maximum atomic E-state index is 13.3. The first-order valence-corrected chi connectivity index (χ1v) is 8.45. The van der Waals surface area contributed by atoms with E-state index in [0.717, 1.165) is 34.0 Å². The molecule has 1 heterocycles. The first kappa shape index (κ1) is 16.1. The van der Waals surface area contributed by atoms with Crippen LogP contribution < -0.4 is 5.32 Å². The van der Waals surface area contributed by atoms with Crippen molar-refractivity contribution in [3.05, 3.63) is 96.3 Å². The Kier molecular flexibility index (Phi) is 4.23. The molecule has 0 fully saturated rings. The largest absolute Gasteiger partial charge is 0.340 e. The van der Waals surface area contributed by atoms with Crippen LogP contribution in [0.3, 0.4) is 0 Å². The van der Waals surface area contributed by atoms with Crippen LogP contribution in [0.2, 0.25) is 0 Å². The highest BCUT2D eigenvalue weighted by Gasteiger charge is 2.13. The first-order valence-electron chi connectivity index (χ1n) is 8.45. The third kappa shape index (κ3) is 3.22. The number of anilines is 2. The number of hydrogen-bond donors (Lipinski definition) is 1. The Morgan fingerprint density at radius 1 is 0.846 bits per heavy atom. The van der Waals surface area contributed by atoms with Gasteiger partial charge in [0.2, 0.25) is 0 Å². The number of rotatable bonds is 4. The van der Waals surface area contributed by atoms with Gasteiger partial charge in [0.05, 0.1) is 11.4 Å². The Morgan fingerprint density at radius 2 is 1.54 bits per heavy atom. The van der Waals surface area contributed by atoms with Crippen molar-refractivity contribution < 1.29 is 4.39 Å². The van der Waals surface area contributed by atoms with Gasteiger partial charge in [0.25, 0.3) is 0 Å². The molecular weight excluding hydrogens is 325 g/mol. The average molecular weight is 343 g/mol. The van der Waals surface area contributed by atoms with Gasteiger partial charge in [-0.25, -0.2) is 9.07 Å². The van der Waals surface area contributed by atoms with E-state index in [1.807, 2.05) is 59.3 Å². The van der Waals surface area contributed by atoms with Gasteiger partial charge in [-0.2, -0.15) is 5.10 Å². The lowest BCUT2D eigenvalue weighted by Crippen LogP contribution is -2.04. The van der Waals surface area contributed by atoms with Gasteiger partial charge in [-0.3, -0.25) is 0 Å². The van der Waals surface area contributed by atoms with E-state index >= 15 is 0 Å². The fraction of sp³-hybridized carbons (Fsp3) is 0.0455. The summed E-state index contributed by atoms with van der Waals surface area (Å²) in [6.45, 7) is 2.06. The maximum Gasteiger partial charge on any atom is 0.134 e. The monoisotopic (exact) mass is 343 g/mol. The fourth-order valence-corrected chi connectivity index (χ4v) is 2.89. The summed E-state index contributed by atoms with van der Waals surface area (Å²) in [5, 5.41) is 8.20. The number of aryl methyl sites for hydroxylation is 1. The molecule has 26 heavy (non-hydrogen) atoms. The minimum absolute atomic E-state index is 0.255. The van der Waals surface area contributed by atoms with Crippen molar-refractivity contribution in [2.24, 2.45) is 0 Å². The van der Waals surface area contributed by atoms with Crippen LogP contribution in [0.15, 0.2) is 84.9 Å². The summed E-state index contributed by atoms with van der Waals surface area (Å²) >= 11 is 0. The molecular formula is C22H18FN3. The number of hydrogen-bond acceptors (Lipinski definition) is 2. The van der Waals surface area contributed by atoms with Gasteiger partial charge in [0.1, 0.15) is 11.6 Å². The van der Waals surface area contributed by atoms with Crippen LogP contribution in [0.1, 0.15) is 5.56 Å². The molecule has 1 aromatic heterocycles. The number of nitrogens with zero attached hydrogens (tertiary/aromatic N) is 2. The molecule has 0 spiro atoms. The third-order valence-electron chi connectivity index (χ3n) is 4.24. The Balaban J connectivity index is 1.82. The van der Waals surface area contributed by atoms with Crippen LogP contribution >= 0.6 is 0 Å². The zero-order chi connectivity index (χ0) is 17.9. The molecule has 3 aromatic carbocycles. The molecule has 0 saturated heterocycles. The number of aromatic nitrogens is 2. The molecule has 0 unspecified atom stereocenters. The highest BCUT2D eigenvalue weighted by atomic mass is 19.1. The van der Waals surface area contributed by atoms with Gasteiger partial charge in [-0.05, 0) is 55.0 Å². The molecule has 0 radical (unpaired) electrons. The van der Waals surface area contributed by atoms with E-state index in [9.17, 15) is 4.39 Å². The van der Waals surface area contributed by atoms with E-state index in [2.05, 4.69) is 18.3 Å². The van der Waals surface area contributed by atoms with Crippen molar-refractivity contribution >= 4 is 11.5 Å². The van der Waals surface area contributed by atoms with E-state index in [4.69, 9.17) is 5.10 Å². The lowest BCUT2D eigenvalue weighted by molar-refractivity contribution is 0.628. The van der Waals surface area contributed by atoms with Crippen molar-refractivity contribution in [2.45, 2.75) is 6.92 Å². The predicted octanol–water partition coefficient (Wildman–Crippen LogP) is 5.73. The van der Waals surface area contributed by atoms with Crippen LogP contribution in [0.5, 0.6) is 0 Å². The van der Waals surface area contributed by atoms with Crippen molar-refractivity contribution in [1.29, 1.82) is 0 Å². The molecule has 0 atom stereocenters. The molecule has 4 heteroatoms. The molecule has 4 aromatic rings. The Labute approximate surface area is 151 Å². The molecule has 0 aliphatic heterocycles. The topological polar surface area (TPSA) is 29.9 Å². The standard InChI is InChI=1S/C22H18FN3/c1-16-7-5-6-10-21(16)26-22(24-19-8-3-2-4-9-19)15-20(25-26)17-11-13-18(23)14-12-17/h2-15,24H,1H3. The average Bonchev–Trinajstić information content (AvgIpc) is 3.07. The second-order valence-electron chi connectivity index (χ2n) is 6.11. The third-order valence-corrected chi connectivity index (χ3v) is 4.24.